The SMILES string of the molecule is C.C.C.C.C.C.C.C.C.C.CCC(C)(C)C(=O)OCCOP(=O)(O)O.CCC(C)C(=O)OCC[N+](C)(C)CCCS(=O)(=O)[O-].CCC(C)P(=O)(O)O.CCC(C)c1ccc(C(=O)O)cc1.CCC(C)c1ccc(S(=O)(=O)O)cc1. The smallest absolute Gasteiger partial charge is 0.469 e. The first-order chi connectivity index (χ1) is 31.3. The van der Waals surface area contributed by atoms with E-state index in [-0.39, 0.29) is 110 Å². The molecular formula is C55H121NO19P2S2. The van der Waals surface area contributed by atoms with Crippen LogP contribution in [0.5, 0.6) is 0 Å². The quantitative estimate of drug-likeness (QED) is 0.0198. The van der Waals surface area contributed by atoms with Crippen molar-refractivity contribution in [3.8, 4) is 0 Å². The number of benzene rings is 2. The molecule has 0 aliphatic carbocycles. The third kappa shape index (κ3) is 55.2. The highest BCUT2D eigenvalue weighted by Gasteiger charge is 2.27. The Kier molecular flexibility index (Phi) is 70.5. The Morgan fingerprint density at radius 2 is 1.04 bits per heavy atom. The van der Waals surface area contributed by atoms with Crippen LogP contribution in [0.15, 0.2) is 53.4 Å². The Hall–Kier alpha value is -3.11. The van der Waals surface area contributed by atoms with Crippen molar-refractivity contribution in [3.05, 3.63) is 65.2 Å². The van der Waals surface area contributed by atoms with Gasteiger partial charge in [-0.2, -0.15) is 8.42 Å². The number of carboxylic acids is 1. The lowest BCUT2D eigenvalue weighted by molar-refractivity contribution is -0.890. The van der Waals surface area contributed by atoms with E-state index in [0.717, 1.165) is 24.8 Å². The van der Waals surface area contributed by atoms with Crippen LogP contribution in [0.1, 0.15) is 222 Å². The van der Waals surface area contributed by atoms with Crippen LogP contribution in [-0.2, 0) is 53.0 Å². The van der Waals surface area contributed by atoms with E-state index in [1.54, 1.807) is 52.0 Å². The summed E-state index contributed by atoms with van der Waals surface area (Å²) >= 11 is 0. The van der Waals surface area contributed by atoms with Crippen LogP contribution in [0.2, 0.25) is 0 Å². The molecule has 0 aromatic heterocycles. The second-order valence-corrected chi connectivity index (χ2v) is 23.9. The molecule has 0 aliphatic heterocycles. The maximum Gasteiger partial charge on any atom is 0.469 e. The molecule has 24 heteroatoms. The van der Waals surface area contributed by atoms with E-state index in [1.807, 2.05) is 47.0 Å². The number of aromatic carboxylic acids is 1. The average molecular weight is 1230 g/mol. The fourth-order valence-electron chi connectivity index (χ4n) is 4.75. The molecular weight excluding hydrogens is 1100 g/mol. The van der Waals surface area contributed by atoms with Crippen molar-refractivity contribution < 1.29 is 92.6 Å². The van der Waals surface area contributed by atoms with Gasteiger partial charge < -0.3 is 43.2 Å². The van der Waals surface area contributed by atoms with Gasteiger partial charge in [0, 0.05) is 12.2 Å². The first-order valence-electron chi connectivity index (χ1n) is 22.6. The van der Waals surface area contributed by atoms with Gasteiger partial charge in [0.15, 0.2) is 0 Å². The lowest BCUT2D eigenvalue weighted by Gasteiger charge is -2.29. The molecule has 4 unspecified atom stereocenters. The third-order valence-electron chi connectivity index (χ3n) is 11.0. The van der Waals surface area contributed by atoms with Gasteiger partial charge in [-0.05, 0) is 93.2 Å². The first kappa shape index (κ1) is 108. The first-order valence-corrected chi connectivity index (χ1v) is 28.8. The molecule has 79 heavy (non-hydrogen) atoms. The molecule has 2 aromatic carbocycles. The van der Waals surface area contributed by atoms with Crippen LogP contribution in [0, 0.1) is 11.3 Å². The van der Waals surface area contributed by atoms with Crippen molar-refractivity contribution in [1.29, 1.82) is 0 Å². The Labute approximate surface area is 484 Å². The Morgan fingerprint density at radius 1 is 0.633 bits per heavy atom. The number of likely N-dealkylation sites (N-methyl/N-ethyl adjacent to an activating group) is 1. The van der Waals surface area contributed by atoms with Gasteiger partial charge in [-0.1, -0.05) is 161 Å². The van der Waals surface area contributed by atoms with Gasteiger partial charge in [0.05, 0.1) is 64.8 Å². The number of ether oxygens (including phenoxy) is 2. The minimum absolute atomic E-state index is 0. The third-order valence-corrected chi connectivity index (χ3v) is 14.7. The number of nitrogens with zero attached hydrogens (tertiary/aromatic N) is 1. The predicted molar refractivity (Wildman–Crippen MR) is 331 cm³/mol. The molecule has 0 fully saturated rings. The van der Waals surface area contributed by atoms with Crippen molar-refractivity contribution in [2.75, 3.05) is 52.8 Å². The molecule has 6 N–H and O–H groups in total. The molecule has 482 valence electrons. The van der Waals surface area contributed by atoms with E-state index in [1.165, 1.54) is 17.7 Å². The van der Waals surface area contributed by atoms with Crippen LogP contribution < -0.4 is 0 Å². The number of esters is 2. The number of phosphoric ester groups is 1. The zero-order valence-electron chi connectivity index (χ0n) is 42.6. The summed E-state index contributed by atoms with van der Waals surface area (Å²) in [4.78, 5) is 66.8. The number of hydrogen-bond acceptors (Lipinski definition) is 13. The van der Waals surface area contributed by atoms with Gasteiger partial charge in [-0.3, -0.25) is 23.2 Å². The molecule has 2 rings (SSSR count). The van der Waals surface area contributed by atoms with Gasteiger partial charge in [-0.15, -0.1) is 0 Å². The monoisotopic (exact) mass is 1230 g/mol. The molecule has 0 heterocycles. The standard InChI is InChI=1S/C12H25NO5S.C11H14O2.C10H14O3S.C8H17O6P.C4H11O3P.10CH4/c1-5-11(2)12(14)18-9-8-13(3,4)7-6-10-19(15,16)17;1-3-8(2)9-4-6-10(7-5-9)11(12)13;1-3-8(2)9-4-6-10(7-5-9)14(11,12)13;1-4-8(2,3)7(9)13-5-6-14-15(10,11)12;1-3-4(2)8(5,6)7;;;;;;;;;;/h11H,5-10H2,1-4H3;4-8H,3H2,1-2H3,(H,12,13);4-8H,3H2,1-2H3,(H,11,12,13);4-6H2,1-3H3,(H2,10,11,12);4H,3H2,1-2H3,(H2,5,6,7);10*1H4. The van der Waals surface area contributed by atoms with Crippen LogP contribution in [0.25, 0.3) is 0 Å². The average Bonchev–Trinajstić information content (AvgIpc) is 3.25. The van der Waals surface area contributed by atoms with Gasteiger partial charge in [0.1, 0.15) is 19.8 Å². The molecule has 0 saturated carbocycles. The largest absolute Gasteiger partial charge is 0.748 e. The number of carbonyl (C=O) groups is 3. The molecule has 0 spiro atoms. The lowest BCUT2D eigenvalue weighted by Crippen LogP contribution is -2.44. The second kappa shape index (κ2) is 51.7. The molecule has 0 radical (unpaired) electrons. The van der Waals surface area contributed by atoms with Crippen molar-refractivity contribution in [2.45, 2.75) is 211 Å². The van der Waals surface area contributed by atoms with Crippen LogP contribution in [0.3, 0.4) is 0 Å². The van der Waals surface area contributed by atoms with E-state index in [4.69, 9.17) is 38.7 Å². The minimum atomic E-state index is -4.46. The summed E-state index contributed by atoms with van der Waals surface area (Å²) in [5, 5.41) is 8.67. The number of hydrogen-bond donors (Lipinski definition) is 6. The number of phosphoric acid groups is 1. The molecule has 0 bridgehead atoms. The predicted octanol–water partition coefficient (Wildman–Crippen LogP) is 14.3. The summed E-state index contributed by atoms with van der Waals surface area (Å²) in [7, 11) is -12.6. The Morgan fingerprint density at radius 3 is 1.33 bits per heavy atom. The molecule has 0 saturated heterocycles. The van der Waals surface area contributed by atoms with E-state index in [2.05, 4.69) is 32.2 Å². The summed E-state index contributed by atoms with van der Waals surface area (Å²) in [5.74, 6) is -1.00. The minimum Gasteiger partial charge on any atom is -0.748 e. The number of rotatable bonds is 23. The van der Waals surface area contributed by atoms with E-state index >= 15 is 0 Å². The highest BCUT2D eigenvalue weighted by Crippen LogP contribution is 2.42. The van der Waals surface area contributed by atoms with Gasteiger partial charge in [0.25, 0.3) is 10.1 Å². The number of carbonyl (C=O) groups excluding carboxylic acids is 2. The summed E-state index contributed by atoms with van der Waals surface area (Å²) in [6.07, 6.45) is 4.31. The zero-order valence-corrected chi connectivity index (χ0v) is 46.0. The Bertz CT molecular complexity index is 2110. The summed E-state index contributed by atoms with van der Waals surface area (Å²) in [6, 6.07) is 13.4. The van der Waals surface area contributed by atoms with E-state index < -0.39 is 58.7 Å². The van der Waals surface area contributed by atoms with Gasteiger partial charge >= 0.3 is 33.3 Å². The fourth-order valence-corrected chi connectivity index (χ4v) is 6.50. The number of carboxylic acid groups (broad SMARTS) is 1. The zero-order chi connectivity index (χ0) is 54.6. The molecule has 20 nitrogen and oxygen atoms in total. The number of quaternary nitrogens is 1. The highest BCUT2D eigenvalue weighted by molar-refractivity contribution is 7.86. The topological polar surface area (TPSA) is 326 Å². The van der Waals surface area contributed by atoms with Crippen LogP contribution in [0.4, 0.5) is 0 Å². The Balaban J connectivity index is -0.0000000618. The maximum absolute atomic E-state index is 11.5. The van der Waals surface area contributed by atoms with E-state index in [9.17, 15) is 44.9 Å². The van der Waals surface area contributed by atoms with Gasteiger partial charge in [-0.25, -0.2) is 17.8 Å². The molecule has 4 atom stereocenters. The van der Waals surface area contributed by atoms with Crippen LogP contribution >= 0.6 is 15.4 Å². The maximum atomic E-state index is 11.5. The van der Waals surface area contributed by atoms with Crippen molar-refractivity contribution >= 4 is 53.6 Å². The molecule has 0 amide bonds. The molecule has 2 aromatic rings. The van der Waals surface area contributed by atoms with Crippen molar-refractivity contribution in [3.63, 3.8) is 0 Å². The van der Waals surface area contributed by atoms with Gasteiger partial charge in [0.2, 0.25) is 0 Å². The lowest BCUT2D eigenvalue weighted by atomic mass is 9.91. The van der Waals surface area contributed by atoms with Crippen molar-refractivity contribution in [2.24, 2.45) is 11.3 Å². The normalized spacial score (nSPS) is 11.9. The fraction of sp³-hybridized carbons (Fsp3) is 0.727. The van der Waals surface area contributed by atoms with Crippen molar-refractivity contribution in [1.82, 2.24) is 0 Å². The second-order valence-electron chi connectivity index (χ2n) is 17.6. The summed E-state index contributed by atoms with van der Waals surface area (Å²) in [5.41, 5.74) is 1.57. The molecule has 0 aliphatic rings. The summed E-state index contributed by atoms with van der Waals surface area (Å²) in [6.45, 7) is 21.8. The van der Waals surface area contributed by atoms with E-state index in [0.29, 0.717) is 60.8 Å². The summed E-state index contributed by atoms with van der Waals surface area (Å²) < 4.78 is 96.8. The highest BCUT2D eigenvalue weighted by atomic mass is 32.2. The van der Waals surface area contributed by atoms with Crippen LogP contribution in [-0.4, -0.2) is 131 Å².